The third-order valence-electron chi connectivity index (χ3n) is 12.6. The van der Waals surface area contributed by atoms with Gasteiger partial charge in [-0.3, -0.25) is 0 Å². The number of para-hydroxylation sites is 2. The van der Waals surface area contributed by atoms with Gasteiger partial charge in [0, 0.05) is 52.7 Å². The van der Waals surface area contributed by atoms with Crippen LogP contribution in [0.3, 0.4) is 0 Å². The number of pyridine rings is 2. The van der Waals surface area contributed by atoms with Crippen LogP contribution in [0.15, 0.2) is 203 Å². The third kappa shape index (κ3) is 5.17. The van der Waals surface area contributed by atoms with Crippen molar-refractivity contribution in [3.8, 4) is 45.0 Å². The SMILES string of the molecule is Brc1cccc2cccc(N3c4ccccc4-c4nc(-c5ccc(N6c7ccccc7-c7nc(-c8ccccc8)cc8cccc6c78)c6c(Br)cccc56)cc5cccc3c45)c12. The molecule has 2 aromatic heterocycles. The molecule has 0 saturated carbocycles. The monoisotopic (exact) mass is 918 g/mol. The standard InChI is InChI=1S/C56H32Br2N4/c57-41-22-8-15-34-16-9-26-47(51(34)41)61-45-24-6-5-20-40(45)56-53-36(18-11-27-48(53)61)32-44(60-56)37-29-30-50(54-38(37)21-12-23-42(54)58)62-46-25-7-4-19-39(46)55-52-35(17-10-28-49(52)62)31-43(59-55)33-13-2-1-3-14-33/h1-32H. The van der Waals surface area contributed by atoms with E-state index in [4.69, 9.17) is 9.97 Å². The van der Waals surface area contributed by atoms with Gasteiger partial charge in [-0.05, 0) is 82.2 Å². The summed E-state index contributed by atoms with van der Waals surface area (Å²) in [6, 6.07) is 69.5. The Kier molecular flexibility index (Phi) is 7.87. The minimum Gasteiger partial charge on any atom is -0.308 e. The zero-order valence-corrected chi connectivity index (χ0v) is 36.2. The molecule has 13 rings (SSSR count). The number of nitrogens with zero attached hydrogens (tertiary/aromatic N) is 4. The van der Waals surface area contributed by atoms with Crippen LogP contribution in [0.4, 0.5) is 34.1 Å². The van der Waals surface area contributed by atoms with Crippen molar-refractivity contribution in [3.63, 3.8) is 0 Å². The second-order valence-corrected chi connectivity index (χ2v) is 17.7. The summed E-state index contributed by atoms with van der Waals surface area (Å²) >= 11 is 7.95. The van der Waals surface area contributed by atoms with Crippen LogP contribution in [0, 0.1) is 0 Å². The lowest BCUT2D eigenvalue weighted by atomic mass is 9.91. The topological polar surface area (TPSA) is 32.3 Å². The molecule has 0 atom stereocenters. The molecule has 9 aromatic carbocycles. The average Bonchev–Trinajstić information content (AvgIpc) is 3.32. The number of aromatic nitrogens is 2. The maximum absolute atomic E-state index is 5.63. The average molecular weight is 921 g/mol. The van der Waals surface area contributed by atoms with Gasteiger partial charge in [0.25, 0.3) is 0 Å². The molecule has 62 heavy (non-hydrogen) atoms. The molecule has 0 radical (unpaired) electrons. The molecule has 4 nitrogen and oxygen atoms in total. The first-order chi connectivity index (χ1) is 30.6. The molecule has 0 bridgehead atoms. The van der Waals surface area contributed by atoms with E-state index >= 15 is 0 Å². The first-order valence-corrected chi connectivity index (χ1v) is 22.3. The Balaban J connectivity index is 1.02. The van der Waals surface area contributed by atoms with E-state index in [-0.39, 0.29) is 0 Å². The van der Waals surface area contributed by atoms with Crippen LogP contribution >= 0.6 is 31.9 Å². The molecule has 0 saturated heterocycles. The van der Waals surface area contributed by atoms with E-state index in [1.165, 1.54) is 10.8 Å². The Morgan fingerprint density at radius 2 is 0.790 bits per heavy atom. The zero-order valence-electron chi connectivity index (χ0n) is 33.0. The Hall–Kier alpha value is -7.12. The number of rotatable bonds is 4. The lowest BCUT2D eigenvalue weighted by Gasteiger charge is -2.34. The number of anilines is 6. The highest BCUT2D eigenvalue weighted by Gasteiger charge is 2.31. The normalized spacial score (nSPS) is 12.6. The summed E-state index contributed by atoms with van der Waals surface area (Å²) in [7, 11) is 0. The zero-order chi connectivity index (χ0) is 41.1. The van der Waals surface area contributed by atoms with Gasteiger partial charge in [0.1, 0.15) is 0 Å². The van der Waals surface area contributed by atoms with Crippen molar-refractivity contribution in [2.24, 2.45) is 0 Å². The van der Waals surface area contributed by atoms with Crippen molar-refractivity contribution in [2.45, 2.75) is 0 Å². The number of hydrogen-bond acceptors (Lipinski definition) is 4. The molecule has 11 aromatic rings. The number of fused-ring (bicyclic) bond motifs is 6. The summed E-state index contributed by atoms with van der Waals surface area (Å²) in [6.45, 7) is 0. The molecule has 6 heteroatoms. The fourth-order valence-electron chi connectivity index (χ4n) is 9.97. The molecule has 0 amide bonds. The van der Waals surface area contributed by atoms with E-state index in [2.05, 4.69) is 236 Å². The minimum atomic E-state index is 0.930. The minimum absolute atomic E-state index is 0.930. The molecule has 0 spiro atoms. The van der Waals surface area contributed by atoms with Gasteiger partial charge in [-0.1, -0.05) is 165 Å². The van der Waals surface area contributed by atoms with Crippen molar-refractivity contribution >= 4 is 109 Å². The van der Waals surface area contributed by atoms with Gasteiger partial charge in [0.15, 0.2) is 0 Å². The summed E-state index contributed by atoms with van der Waals surface area (Å²) in [6.07, 6.45) is 0. The van der Waals surface area contributed by atoms with Gasteiger partial charge < -0.3 is 9.80 Å². The molecular formula is C56H32Br2N4. The third-order valence-corrected chi connectivity index (χ3v) is 13.9. The first-order valence-electron chi connectivity index (χ1n) is 20.7. The van der Waals surface area contributed by atoms with Crippen molar-refractivity contribution in [2.75, 3.05) is 9.80 Å². The molecule has 0 aliphatic carbocycles. The predicted molar refractivity (Wildman–Crippen MR) is 266 cm³/mol. The number of benzene rings is 9. The number of hydrogen-bond donors (Lipinski definition) is 0. The maximum atomic E-state index is 5.63. The fraction of sp³-hybridized carbons (Fsp3) is 0. The lowest BCUT2D eigenvalue weighted by molar-refractivity contribution is 1.25. The highest BCUT2D eigenvalue weighted by molar-refractivity contribution is 9.11. The van der Waals surface area contributed by atoms with Gasteiger partial charge in [0.05, 0.1) is 56.9 Å². The quantitative estimate of drug-likeness (QED) is 0.176. The predicted octanol–water partition coefficient (Wildman–Crippen LogP) is 16.8. The Labute approximate surface area is 374 Å². The molecule has 2 aliphatic heterocycles. The molecular weight excluding hydrogens is 888 g/mol. The highest BCUT2D eigenvalue weighted by atomic mass is 79.9. The summed E-state index contributed by atoms with van der Waals surface area (Å²) in [5.74, 6) is 0. The summed E-state index contributed by atoms with van der Waals surface area (Å²) in [5.41, 5.74) is 14.9. The van der Waals surface area contributed by atoms with Crippen molar-refractivity contribution in [1.29, 1.82) is 0 Å². The Morgan fingerprint density at radius 1 is 0.323 bits per heavy atom. The van der Waals surface area contributed by atoms with Crippen molar-refractivity contribution in [1.82, 2.24) is 9.97 Å². The second-order valence-electron chi connectivity index (χ2n) is 15.9. The Bertz CT molecular complexity index is 3690. The smallest absolute Gasteiger partial charge is 0.0830 e. The van der Waals surface area contributed by atoms with E-state index < -0.39 is 0 Å². The molecule has 0 fully saturated rings. The molecule has 0 N–H and O–H groups in total. The first kappa shape index (κ1) is 35.6. The van der Waals surface area contributed by atoms with E-state index in [0.717, 1.165) is 120 Å². The van der Waals surface area contributed by atoms with Crippen LogP contribution < -0.4 is 9.80 Å². The fourth-order valence-corrected chi connectivity index (χ4v) is 11.1. The summed E-state index contributed by atoms with van der Waals surface area (Å²) in [5, 5.41) is 9.18. The van der Waals surface area contributed by atoms with Crippen LogP contribution in [-0.4, -0.2) is 9.97 Å². The van der Waals surface area contributed by atoms with E-state index in [9.17, 15) is 0 Å². The van der Waals surface area contributed by atoms with Crippen LogP contribution in [0.2, 0.25) is 0 Å². The summed E-state index contributed by atoms with van der Waals surface area (Å²) in [4.78, 5) is 15.8. The van der Waals surface area contributed by atoms with E-state index in [1.54, 1.807) is 0 Å². The molecule has 4 heterocycles. The van der Waals surface area contributed by atoms with Crippen LogP contribution in [0.1, 0.15) is 0 Å². The second kappa shape index (κ2) is 13.7. The number of halogens is 2. The Morgan fingerprint density at radius 3 is 1.44 bits per heavy atom. The van der Waals surface area contributed by atoms with Gasteiger partial charge in [-0.2, -0.15) is 0 Å². The lowest BCUT2D eigenvalue weighted by Crippen LogP contribution is -2.16. The van der Waals surface area contributed by atoms with Crippen LogP contribution in [-0.2, 0) is 0 Å². The molecule has 290 valence electrons. The van der Waals surface area contributed by atoms with Crippen molar-refractivity contribution < 1.29 is 0 Å². The van der Waals surface area contributed by atoms with Gasteiger partial charge in [-0.25, -0.2) is 9.97 Å². The molecule has 2 aliphatic rings. The van der Waals surface area contributed by atoms with Crippen LogP contribution in [0.25, 0.3) is 88.1 Å². The summed E-state index contributed by atoms with van der Waals surface area (Å²) < 4.78 is 2.09. The van der Waals surface area contributed by atoms with E-state index in [0.29, 0.717) is 0 Å². The van der Waals surface area contributed by atoms with Gasteiger partial charge in [-0.15, -0.1) is 0 Å². The highest BCUT2D eigenvalue weighted by Crippen LogP contribution is 2.55. The largest absolute Gasteiger partial charge is 0.308 e. The van der Waals surface area contributed by atoms with Gasteiger partial charge >= 0.3 is 0 Å². The van der Waals surface area contributed by atoms with Gasteiger partial charge in [0.2, 0.25) is 0 Å². The van der Waals surface area contributed by atoms with E-state index in [1.807, 2.05) is 0 Å². The van der Waals surface area contributed by atoms with Crippen molar-refractivity contribution in [3.05, 3.63) is 203 Å². The maximum Gasteiger partial charge on any atom is 0.0830 e. The molecule has 0 unspecified atom stereocenters. The van der Waals surface area contributed by atoms with Crippen LogP contribution in [0.5, 0.6) is 0 Å².